The minimum Gasteiger partial charge on any atom is -0.394 e. The number of nitrogens with zero attached hydrogens (tertiary/aromatic N) is 3. The van der Waals surface area contributed by atoms with Crippen LogP contribution in [0.5, 0.6) is 0 Å². The number of rotatable bonds is 2. The maximum Gasteiger partial charge on any atom is 0.177 e. The van der Waals surface area contributed by atoms with Gasteiger partial charge in [-0.3, -0.25) is 4.57 Å². The van der Waals surface area contributed by atoms with Crippen LogP contribution in [-0.4, -0.2) is 54.8 Å². The summed E-state index contributed by atoms with van der Waals surface area (Å²) in [5.41, 5.74) is 1.24. The van der Waals surface area contributed by atoms with Gasteiger partial charge in [-0.1, -0.05) is 0 Å². The standard InChI is InChI=1S/C11H13N3O4/c15-4-7-8(16)9(17)11(18-7)14-5-13-10-6(14)2-1-3-12-10/h1-3,5,7-9,11,15-17H,4H2/t7-,8+,9-,11-/m0/s1. The lowest BCUT2D eigenvalue weighted by Gasteiger charge is -2.16. The van der Waals surface area contributed by atoms with Gasteiger partial charge in [-0.2, -0.15) is 0 Å². The number of hydrogen-bond acceptors (Lipinski definition) is 6. The van der Waals surface area contributed by atoms with Crippen LogP contribution in [0, 0.1) is 0 Å². The molecule has 7 nitrogen and oxygen atoms in total. The molecule has 0 aromatic carbocycles. The third-order valence-corrected chi connectivity index (χ3v) is 3.14. The molecule has 0 bridgehead atoms. The lowest BCUT2D eigenvalue weighted by molar-refractivity contribution is -0.0508. The summed E-state index contributed by atoms with van der Waals surface area (Å²) in [6.45, 7) is -0.348. The SMILES string of the molecule is OC[C@@H]1O[C@H](n2cnc3ncccc32)[C@@H](O)[C@@H]1O. The zero-order valence-corrected chi connectivity index (χ0v) is 9.42. The van der Waals surface area contributed by atoms with Crippen molar-refractivity contribution in [2.24, 2.45) is 0 Å². The Bertz CT molecular complexity index is 558. The third kappa shape index (κ3) is 1.60. The van der Waals surface area contributed by atoms with E-state index >= 15 is 0 Å². The number of fused-ring (bicyclic) bond motifs is 1. The number of ether oxygens (including phenoxy) is 1. The minimum absolute atomic E-state index is 0.348. The maximum absolute atomic E-state index is 9.94. The first kappa shape index (κ1) is 11.5. The Kier molecular flexibility index (Phi) is 2.75. The van der Waals surface area contributed by atoms with Gasteiger partial charge in [0.1, 0.15) is 18.3 Å². The van der Waals surface area contributed by atoms with Crippen LogP contribution >= 0.6 is 0 Å². The van der Waals surface area contributed by atoms with Crippen molar-refractivity contribution in [1.29, 1.82) is 0 Å². The first-order chi connectivity index (χ1) is 8.72. The molecule has 1 aliphatic rings. The van der Waals surface area contributed by atoms with Crippen LogP contribution in [-0.2, 0) is 4.74 Å². The lowest BCUT2D eigenvalue weighted by Crippen LogP contribution is -2.33. The van der Waals surface area contributed by atoms with Gasteiger partial charge >= 0.3 is 0 Å². The molecule has 1 fully saturated rings. The molecule has 4 atom stereocenters. The summed E-state index contributed by atoms with van der Waals surface area (Å²) >= 11 is 0. The molecule has 0 aliphatic carbocycles. The van der Waals surface area contributed by atoms with Gasteiger partial charge in [0.15, 0.2) is 11.9 Å². The molecule has 96 valence electrons. The highest BCUT2D eigenvalue weighted by Gasteiger charge is 2.43. The van der Waals surface area contributed by atoms with E-state index in [-0.39, 0.29) is 6.61 Å². The van der Waals surface area contributed by atoms with Gasteiger partial charge in [0.05, 0.1) is 18.5 Å². The molecular weight excluding hydrogens is 238 g/mol. The van der Waals surface area contributed by atoms with E-state index in [2.05, 4.69) is 9.97 Å². The highest BCUT2D eigenvalue weighted by atomic mass is 16.6. The summed E-state index contributed by atoms with van der Waals surface area (Å²) in [7, 11) is 0. The molecule has 18 heavy (non-hydrogen) atoms. The van der Waals surface area contributed by atoms with Crippen LogP contribution in [0.1, 0.15) is 6.23 Å². The smallest absolute Gasteiger partial charge is 0.177 e. The topological polar surface area (TPSA) is 101 Å². The second-order valence-corrected chi connectivity index (χ2v) is 4.23. The van der Waals surface area contributed by atoms with Crippen LogP contribution < -0.4 is 0 Å². The molecule has 1 aliphatic heterocycles. The molecular formula is C11H13N3O4. The average molecular weight is 251 g/mol. The number of pyridine rings is 1. The molecule has 1 saturated heterocycles. The van der Waals surface area contributed by atoms with Crippen LogP contribution in [0.4, 0.5) is 0 Å². The van der Waals surface area contributed by atoms with Gasteiger partial charge in [-0.25, -0.2) is 9.97 Å². The molecule has 3 heterocycles. The molecule has 0 amide bonds. The Morgan fingerprint density at radius 3 is 2.83 bits per heavy atom. The van der Waals surface area contributed by atoms with Crippen molar-refractivity contribution in [3.05, 3.63) is 24.7 Å². The van der Waals surface area contributed by atoms with E-state index < -0.39 is 24.5 Å². The van der Waals surface area contributed by atoms with Crippen LogP contribution in [0.15, 0.2) is 24.7 Å². The predicted octanol–water partition coefficient (Wildman–Crippen LogP) is -0.957. The zero-order chi connectivity index (χ0) is 12.7. The lowest BCUT2D eigenvalue weighted by atomic mass is 10.1. The van der Waals surface area contributed by atoms with E-state index in [1.165, 1.54) is 6.33 Å². The summed E-state index contributed by atoms with van der Waals surface area (Å²) in [5, 5.41) is 28.7. The third-order valence-electron chi connectivity index (χ3n) is 3.14. The number of imidazole rings is 1. The molecule has 2 aromatic heterocycles. The van der Waals surface area contributed by atoms with Gasteiger partial charge in [0.25, 0.3) is 0 Å². The van der Waals surface area contributed by atoms with Crippen molar-refractivity contribution in [3.8, 4) is 0 Å². The van der Waals surface area contributed by atoms with Crippen LogP contribution in [0.2, 0.25) is 0 Å². The predicted molar refractivity (Wildman–Crippen MR) is 60.5 cm³/mol. The molecule has 7 heteroatoms. The van der Waals surface area contributed by atoms with Gasteiger partial charge in [-0.15, -0.1) is 0 Å². The van der Waals surface area contributed by atoms with Gasteiger partial charge in [0, 0.05) is 6.20 Å². The summed E-state index contributed by atoms with van der Waals surface area (Å²) in [6.07, 6.45) is -0.672. The van der Waals surface area contributed by atoms with Crippen molar-refractivity contribution >= 4 is 11.2 Å². The first-order valence-electron chi connectivity index (χ1n) is 5.62. The zero-order valence-electron chi connectivity index (χ0n) is 9.42. The highest BCUT2D eigenvalue weighted by molar-refractivity contribution is 5.70. The van der Waals surface area contributed by atoms with Gasteiger partial charge < -0.3 is 20.1 Å². The van der Waals surface area contributed by atoms with Crippen molar-refractivity contribution in [2.45, 2.75) is 24.5 Å². The maximum atomic E-state index is 9.94. The molecule has 3 N–H and O–H groups in total. The molecule has 0 spiro atoms. The summed E-state index contributed by atoms with van der Waals surface area (Å²) in [5.74, 6) is 0. The second kappa shape index (κ2) is 4.29. The Morgan fingerprint density at radius 2 is 2.11 bits per heavy atom. The Balaban J connectivity index is 2.00. The Labute approximate surface area is 102 Å². The van der Waals surface area contributed by atoms with Gasteiger partial charge in [-0.05, 0) is 12.1 Å². The minimum atomic E-state index is -1.12. The summed E-state index contributed by atoms with van der Waals surface area (Å²) < 4.78 is 7.04. The van der Waals surface area contributed by atoms with Crippen molar-refractivity contribution in [2.75, 3.05) is 6.61 Å². The first-order valence-corrected chi connectivity index (χ1v) is 5.62. The van der Waals surface area contributed by atoms with Crippen LogP contribution in [0.25, 0.3) is 11.2 Å². The monoisotopic (exact) mass is 251 g/mol. The summed E-state index contributed by atoms with van der Waals surface area (Å²) in [4.78, 5) is 8.17. The molecule has 0 unspecified atom stereocenters. The Morgan fingerprint density at radius 1 is 1.28 bits per heavy atom. The second-order valence-electron chi connectivity index (χ2n) is 4.23. The summed E-state index contributed by atoms with van der Waals surface area (Å²) in [6, 6.07) is 3.55. The number of aliphatic hydroxyl groups is 3. The molecule has 2 aromatic rings. The number of hydrogen-bond donors (Lipinski definition) is 3. The fourth-order valence-electron chi connectivity index (χ4n) is 2.18. The number of aromatic nitrogens is 3. The normalized spacial score (nSPS) is 32.2. The average Bonchev–Trinajstić information content (AvgIpc) is 2.93. The highest BCUT2D eigenvalue weighted by Crippen LogP contribution is 2.31. The molecule has 0 radical (unpaired) electrons. The van der Waals surface area contributed by atoms with Crippen molar-refractivity contribution in [3.63, 3.8) is 0 Å². The van der Waals surface area contributed by atoms with Crippen LogP contribution in [0.3, 0.4) is 0 Å². The van der Waals surface area contributed by atoms with Gasteiger partial charge in [0.2, 0.25) is 0 Å². The van der Waals surface area contributed by atoms with E-state index in [9.17, 15) is 10.2 Å². The molecule has 0 saturated carbocycles. The quantitative estimate of drug-likeness (QED) is 0.635. The van der Waals surface area contributed by atoms with E-state index in [1.54, 1.807) is 22.9 Å². The fourth-order valence-corrected chi connectivity index (χ4v) is 2.18. The van der Waals surface area contributed by atoms with E-state index in [0.29, 0.717) is 11.2 Å². The van der Waals surface area contributed by atoms with Crippen molar-refractivity contribution < 1.29 is 20.1 Å². The molecule has 3 rings (SSSR count). The van der Waals surface area contributed by atoms with Crippen molar-refractivity contribution in [1.82, 2.24) is 14.5 Å². The van der Waals surface area contributed by atoms with E-state index in [4.69, 9.17) is 9.84 Å². The fraction of sp³-hybridized carbons (Fsp3) is 0.455. The largest absolute Gasteiger partial charge is 0.394 e. The number of aliphatic hydroxyl groups excluding tert-OH is 3. The van der Waals surface area contributed by atoms with E-state index in [1.807, 2.05) is 0 Å². The van der Waals surface area contributed by atoms with E-state index in [0.717, 1.165) is 0 Å². The Hall–Kier alpha value is -1.54.